The van der Waals surface area contributed by atoms with Gasteiger partial charge in [0, 0.05) is 12.6 Å². The molecule has 5 nitrogen and oxygen atoms in total. The Labute approximate surface area is 114 Å². The quantitative estimate of drug-likeness (QED) is 0.855. The molecule has 0 aromatic carbocycles. The number of aromatic nitrogens is 1. The highest BCUT2D eigenvalue weighted by Crippen LogP contribution is 2.23. The Morgan fingerprint density at radius 3 is 3.11 bits per heavy atom. The van der Waals surface area contributed by atoms with Crippen molar-refractivity contribution in [2.45, 2.75) is 45.3 Å². The molecule has 0 spiro atoms. The summed E-state index contributed by atoms with van der Waals surface area (Å²) in [5.74, 6) is 1.34. The fraction of sp³-hybridized carbons (Fsp3) is 0.643. The number of nitrogens with two attached hydrogens (primary N) is 1. The van der Waals surface area contributed by atoms with E-state index >= 15 is 0 Å². The molecule has 19 heavy (non-hydrogen) atoms. The van der Waals surface area contributed by atoms with Gasteiger partial charge in [0.2, 0.25) is 5.88 Å². The lowest BCUT2D eigenvalue weighted by molar-refractivity contribution is 0.0232. The lowest BCUT2D eigenvalue weighted by atomic mass is 10.0. The second-order valence-corrected chi connectivity index (χ2v) is 4.99. The molecule has 106 valence electrons. The van der Waals surface area contributed by atoms with Gasteiger partial charge in [0.15, 0.2) is 0 Å². The maximum Gasteiger partial charge on any atom is 0.239 e. The Balaban J connectivity index is 1.99. The fourth-order valence-electron chi connectivity index (χ4n) is 2.18. The van der Waals surface area contributed by atoms with Gasteiger partial charge >= 0.3 is 0 Å². The minimum Gasteiger partial charge on any atom is -0.476 e. The molecule has 1 aromatic rings. The fourth-order valence-corrected chi connectivity index (χ4v) is 2.18. The molecule has 2 atom stereocenters. The first-order chi connectivity index (χ1) is 9.19. The normalized spacial score (nSPS) is 23.1. The molecule has 2 rings (SSSR count). The number of ether oxygens (including phenoxy) is 2. The predicted octanol–water partition coefficient (Wildman–Crippen LogP) is 2.43. The maximum absolute atomic E-state index is 5.85. The minimum absolute atomic E-state index is 0.302. The van der Waals surface area contributed by atoms with Crippen LogP contribution in [0.5, 0.6) is 5.88 Å². The zero-order valence-corrected chi connectivity index (χ0v) is 11.7. The first-order valence-corrected chi connectivity index (χ1v) is 6.96. The smallest absolute Gasteiger partial charge is 0.239 e. The summed E-state index contributed by atoms with van der Waals surface area (Å²) < 4.78 is 11.1. The van der Waals surface area contributed by atoms with Gasteiger partial charge in [-0.1, -0.05) is 6.92 Å². The Kier molecular flexibility index (Phi) is 4.85. The van der Waals surface area contributed by atoms with E-state index in [1.807, 2.05) is 12.1 Å². The standard InChI is InChI=1S/C14H23N3O2/c1-3-7-19-14-12(15)4-5-13(17-14)16-11-6-8-18-10(2)9-11/h4-5,10-11H,3,6-9,15H2,1-2H3,(H,16,17). The molecule has 1 aromatic heterocycles. The van der Waals surface area contributed by atoms with E-state index in [4.69, 9.17) is 15.2 Å². The van der Waals surface area contributed by atoms with Gasteiger partial charge in [-0.25, -0.2) is 0 Å². The van der Waals surface area contributed by atoms with Crippen LogP contribution in [0.2, 0.25) is 0 Å². The Hall–Kier alpha value is -1.49. The van der Waals surface area contributed by atoms with Gasteiger partial charge in [-0.2, -0.15) is 4.98 Å². The minimum atomic E-state index is 0.302. The van der Waals surface area contributed by atoms with Gasteiger partial charge in [-0.3, -0.25) is 0 Å². The SMILES string of the molecule is CCCOc1nc(NC2CCOC(C)C2)ccc1N. The van der Waals surface area contributed by atoms with Crippen LogP contribution < -0.4 is 15.8 Å². The summed E-state index contributed by atoms with van der Waals surface area (Å²) in [5.41, 5.74) is 6.43. The molecule has 1 aliphatic rings. The second-order valence-electron chi connectivity index (χ2n) is 4.99. The molecule has 2 unspecified atom stereocenters. The third kappa shape index (κ3) is 3.99. The predicted molar refractivity (Wildman–Crippen MR) is 76.5 cm³/mol. The number of nitrogen functional groups attached to an aromatic ring is 1. The average molecular weight is 265 g/mol. The number of nitrogens with zero attached hydrogens (tertiary/aromatic N) is 1. The zero-order valence-electron chi connectivity index (χ0n) is 11.7. The number of pyridine rings is 1. The van der Waals surface area contributed by atoms with Crippen LogP contribution in [0.1, 0.15) is 33.1 Å². The van der Waals surface area contributed by atoms with Crippen molar-refractivity contribution in [1.29, 1.82) is 0 Å². The summed E-state index contributed by atoms with van der Waals surface area (Å²) >= 11 is 0. The van der Waals surface area contributed by atoms with Crippen LogP contribution in [0.15, 0.2) is 12.1 Å². The summed E-state index contributed by atoms with van der Waals surface area (Å²) in [6.45, 7) is 5.59. The van der Waals surface area contributed by atoms with Crippen molar-refractivity contribution in [2.75, 3.05) is 24.3 Å². The second kappa shape index (κ2) is 6.61. The number of nitrogens with one attached hydrogen (secondary N) is 1. The van der Waals surface area contributed by atoms with Crippen molar-refractivity contribution in [2.24, 2.45) is 0 Å². The van der Waals surface area contributed by atoms with E-state index in [9.17, 15) is 0 Å². The Morgan fingerprint density at radius 1 is 1.53 bits per heavy atom. The topological polar surface area (TPSA) is 69.4 Å². The van der Waals surface area contributed by atoms with E-state index in [0.717, 1.165) is 31.7 Å². The highest BCUT2D eigenvalue weighted by molar-refractivity contribution is 5.53. The number of hydrogen-bond donors (Lipinski definition) is 2. The van der Waals surface area contributed by atoms with Gasteiger partial charge in [-0.05, 0) is 38.3 Å². The summed E-state index contributed by atoms with van der Waals surface area (Å²) in [6.07, 6.45) is 3.24. The molecule has 1 aliphatic heterocycles. The summed E-state index contributed by atoms with van der Waals surface area (Å²) in [5, 5.41) is 3.43. The monoisotopic (exact) mass is 265 g/mol. The van der Waals surface area contributed by atoms with Crippen LogP contribution in [0.4, 0.5) is 11.5 Å². The molecule has 0 amide bonds. The Bertz CT molecular complexity index is 412. The lowest BCUT2D eigenvalue weighted by Gasteiger charge is -2.28. The van der Waals surface area contributed by atoms with Crippen LogP contribution in [-0.4, -0.2) is 30.3 Å². The Morgan fingerprint density at radius 2 is 2.37 bits per heavy atom. The maximum atomic E-state index is 5.85. The van der Waals surface area contributed by atoms with E-state index < -0.39 is 0 Å². The van der Waals surface area contributed by atoms with Crippen molar-refractivity contribution in [3.8, 4) is 5.88 Å². The van der Waals surface area contributed by atoms with Crippen LogP contribution >= 0.6 is 0 Å². The van der Waals surface area contributed by atoms with Crippen molar-refractivity contribution in [3.63, 3.8) is 0 Å². The molecule has 5 heteroatoms. The van der Waals surface area contributed by atoms with E-state index in [1.165, 1.54) is 0 Å². The molecule has 0 aliphatic carbocycles. The molecule has 3 N–H and O–H groups in total. The molecule has 0 radical (unpaired) electrons. The van der Waals surface area contributed by atoms with Gasteiger partial charge < -0.3 is 20.5 Å². The van der Waals surface area contributed by atoms with Crippen LogP contribution in [0, 0.1) is 0 Å². The average Bonchev–Trinajstić information content (AvgIpc) is 2.39. The third-order valence-electron chi connectivity index (χ3n) is 3.17. The van der Waals surface area contributed by atoms with Crippen LogP contribution in [-0.2, 0) is 4.74 Å². The summed E-state index contributed by atoms with van der Waals surface area (Å²) in [4.78, 5) is 4.43. The number of anilines is 2. The van der Waals surface area contributed by atoms with Crippen molar-refractivity contribution < 1.29 is 9.47 Å². The largest absolute Gasteiger partial charge is 0.476 e. The summed E-state index contributed by atoms with van der Waals surface area (Å²) in [6, 6.07) is 4.14. The van der Waals surface area contributed by atoms with Gasteiger partial charge in [0.1, 0.15) is 5.82 Å². The van der Waals surface area contributed by atoms with E-state index in [1.54, 1.807) is 0 Å². The molecule has 0 saturated carbocycles. The van der Waals surface area contributed by atoms with E-state index in [2.05, 4.69) is 24.1 Å². The number of rotatable bonds is 5. The van der Waals surface area contributed by atoms with Gasteiger partial charge in [0.05, 0.1) is 18.4 Å². The lowest BCUT2D eigenvalue weighted by Crippen LogP contribution is -2.32. The summed E-state index contributed by atoms with van der Waals surface area (Å²) in [7, 11) is 0. The van der Waals surface area contributed by atoms with Gasteiger partial charge in [-0.15, -0.1) is 0 Å². The molecular formula is C14H23N3O2. The zero-order chi connectivity index (χ0) is 13.7. The molecular weight excluding hydrogens is 242 g/mol. The molecule has 1 saturated heterocycles. The molecule has 1 fully saturated rings. The van der Waals surface area contributed by atoms with Gasteiger partial charge in [0.25, 0.3) is 0 Å². The van der Waals surface area contributed by atoms with Crippen LogP contribution in [0.3, 0.4) is 0 Å². The van der Waals surface area contributed by atoms with Crippen molar-refractivity contribution in [3.05, 3.63) is 12.1 Å². The highest BCUT2D eigenvalue weighted by Gasteiger charge is 2.19. The first kappa shape index (κ1) is 13.9. The molecule has 0 bridgehead atoms. The highest BCUT2D eigenvalue weighted by atomic mass is 16.5. The van der Waals surface area contributed by atoms with E-state index in [-0.39, 0.29) is 0 Å². The number of hydrogen-bond acceptors (Lipinski definition) is 5. The third-order valence-corrected chi connectivity index (χ3v) is 3.17. The van der Waals surface area contributed by atoms with Crippen molar-refractivity contribution in [1.82, 2.24) is 4.98 Å². The van der Waals surface area contributed by atoms with Crippen molar-refractivity contribution >= 4 is 11.5 Å². The van der Waals surface area contributed by atoms with Crippen LogP contribution in [0.25, 0.3) is 0 Å². The first-order valence-electron chi connectivity index (χ1n) is 6.96. The molecule has 2 heterocycles. The van der Waals surface area contributed by atoms with E-state index in [0.29, 0.717) is 30.3 Å².